The Hall–Kier alpha value is -2.89. The Morgan fingerprint density at radius 1 is 0.376 bits per heavy atom. The fraction of sp³-hybridized carbons (Fsp3) is 0.798. The van der Waals surface area contributed by atoms with E-state index in [0.29, 0.717) is 6.42 Å². The number of hydrogen-bond acceptors (Lipinski definition) is 8. The Bertz CT molecular complexity index is 1800. The summed E-state index contributed by atoms with van der Waals surface area (Å²) in [6, 6.07) is -0.810. The average molecular weight is 1300 g/mol. The van der Waals surface area contributed by atoms with Gasteiger partial charge in [0.05, 0.1) is 25.4 Å². The van der Waals surface area contributed by atoms with Gasteiger partial charge in [0.1, 0.15) is 24.4 Å². The predicted molar refractivity (Wildman–Crippen MR) is 401 cm³/mol. The van der Waals surface area contributed by atoms with Gasteiger partial charge in [0.2, 0.25) is 5.91 Å². The number of aliphatic hydroxyl groups excluding tert-OH is 5. The number of rotatable bonds is 70. The fourth-order valence-electron chi connectivity index (χ4n) is 12.5. The highest BCUT2D eigenvalue weighted by Gasteiger charge is 2.44. The zero-order valence-corrected chi connectivity index (χ0v) is 60.8. The first kappa shape index (κ1) is 88.1. The van der Waals surface area contributed by atoms with Crippen LogP contribution in [0.1, 0.15) is 373 Å². The molecule has 0 aromatic rings. The minimum absolute atomic E-state index is 0.172. The largest absolute Gasteiger partial charge is 0.394 e. The van der Waals surface area contributed by atoms with Crippen LogP contribution in [-0.4, -0.2) is 87.5 Å². The first-order chi connectivity index (χ1) is 45.8. The highest BCUT2D eigenvalue weighted by molar-refractivity contribution is 5.76. The maximum absolute atomic E-state index is 13.2. The molecular formula is C84H151NO8. The van der Waals surface area contributed by atoms with E-state index in [4.69, 9.17) is 9.47 Å². The molecule has 7 atom stereocenters. The van der Waals surface area contributed by atoms with Gasteiger partial charge in [-0.2, -0.15) is 0 Å². The summed E-state index contributed by atoms with van der Waals surface area (Å²) < 4.78 is 11.3. The molecule has 0 spiro atoms. The smallest absolute Gasteiger partial charge is 0.220 e. The van der Waals surface area contributed by atoms with Crippen molar-refractivity contribution in [3.8, 4) is 0 Å². The molecular weight excluding hydrogens is 1150 g/mol. The summed E-state index contributed by atoms with van der Waals surface area (Å²) in [4.78, 5) is 13.2. The number of nitrogens with one attached hydrogen (secondary N) is 1. The van der Waals surface area contributed by atoms with Gasteiger partial charge in [0.25, 0.3) is 0 Å². The Morgan fingerprint density at radius 2 is 0.667 bits per heavy atom. The van der Waals surface area contributed by atoms with Crippen LogP contribution in [0.3, 0.4) is 0 Å². The molecule has 1 saturated heterocycles. The standard InChI is InChI=1S/C84H151NO8/c1-3-5-7-9-11-13-15-17-19-21-23-25-27-29-31-33-34-35-36-37-38-39-40-41-42-43-44-46-48-50-52-54-56-58-60-62-64-66-68-70-72-74-80(88)85-77(76-92-84-83(91)82(90)81(89)79(75-86)93-84)78(87)73-71-69-67-65-63-61-59-57-55-53-51-49-47-45-32-30-28-26-24-22-20-18-16-14-12-10-8-6-4-2/h5,7,11,13,17,19,23,25,29,31,34-35,37-38,71,73,77-79,81-84,86-87,89-91H,3-4,6,8-10,12,14-16,18,20-22,24,26-28,30,32-33,36,39-70,72,74-76H2,1-2H3,(H,85,88)/b7-5-,13-11-,19-17-,25-23-,31-29-,35-34-,38-37-,73-71+. The normalized spacial score (nSPS) is 18.1. The summed E-state index contributed by atoms with van der Waals surface area (Å²) in [5.41, 5.74) is 0. The fourth-order valence-corrected chi connectivity index (χ4v) is 12.5. The van der Waals surface area contributed by atoms with E-state index in [0.717, 1.165) is 83.5 Å². The molecule has 1 aliphatic heterocycles. The maximum Gasteiger partial charge on any atom is 0.220 e. The van der Waals surface area contributed by atoms with E-state index in [9.17, 15) is 30.3 Å². The molecule has 0 radical (unpaired) electrons. The lowest BCUT2D eigenvalue weighted by Crippen LogP contribution is -2.60. The maximum atomic E-state index is 13.2. The van der Waals surface area contributed by atoms with Gasteiger partial charge in [-0.05, 0) is 77.0 Å². The number of carbonyl (C=O) groups is 1. The molecule has 540 valence electrons. The van der Waals surface area contributed by atoms with Gasteiger partial charge in [-0.15, -0.1) is 0 Å². The van der Waals surface area contributed by atoms with Crippen molar-refractivity contribution in [2.24, 2.45) is 0 Å². The summed E-state index contributed by atoms with van der Waals surface area (Å²) in [6.45, 7) is 3.71. The van der Waals surface area contributed by atoms with Crippen molar-refractivity contribution in [1.82, 2.24) is 5.32 Å². The van der Waals surface area contributed by atoms with Gasteiger partial charge in [0, 0.05) is 6.42 Å². The summed E-state index contributed by atoms with van der Waals surface area (Å²) in [7, 11) is 0. The third-order valence-electron chi connectivity index (χ3n) is 18.7. The number of unbranched alkanes of at least 4 members (excludes halogenated alkanes) is 46. The van der Waals surface area contributed by atoms with Crippen LogP contribution in [-0.2, 0) is 14.3 Å². The minimum atomic E-state index is -1.57. The summed E-state index contributed by atoms with van der Waals surface area (Å²) in [5, 5.41) is 54.9. The van der Waals surface area contributed by atoms with Gasteiger partial charge in [-0.25, -0.2) is 0 Å². The Balaban J connectivity index is 2.07. The van der Waals surface area contributed by atoms with E-state index in [1.807, 2.05) is 6.08 Å². The number of ether oxygens (including phenoxy) is 2. The highest BCUT2D eigenvalue weighted by Crippen LogP contribution is 2.24. The van der Waals surface area contributed by atoms with Crippen LogP contribution in [0.5, 0.6) is 0 Å². The van der Waals surface area contributed by atoms with Crippen molar-refractivity contribution in [3.63, 3.8) is 0 Å². The molecule has 0 bridgehead atoms. The van der Waals surface area contributed by atoms with Gasteiger partial charge >= 0.3 is 0 Å². The van der Waals surface area contributed by atoms with Crippen LogP contribution in [0.25, 0.3) is 0 Å². The van der Waals surface area contributed by atoms with Crippen LogP contribution in [0.15, 0.2) is 97.2 Å². The number of carbonyl (C=O) groups excluding carboxylic acids is 1. The van der Waals surface area contributed by atoms with Crippen molar-refractivity contribution >= 4 is 5.91 Å². The summed E-state index contributed by atoms with van der Waals surface area (Å²) in [5.74, 6) is -0.172. The van der Waals surface area contributed by atoms with E-state index >= 15 is 0 Å². The number of amides is 1. The molecule has 7 unspecified atom stereocenters. The first-order valence-corrected chi connectivity index (χ1v) is 40.0. The molecule has 1 amide bonds. The minimum Gasteiger partial charge on any atom is -0.394 e. The second-order valence-corrected chi connectivity index (χ2v) is 27.5. The second-order valence-electron chi connectivity index (χ2n) is 27.5. The van der Waals surface area contributed by atoms with Crippen molar-refractivity contribution in [2.75, 3.05) is 13.2 Å². The quantitative estimate of drug-likeness (QED) is 0.0261. The first-order valence-electron chi connectivity index (χ1n) is 40.0. The lowest BCUT2D eigenvalue weighted by molar-refractivity contribution is -0.302. The molecule has 9 heteroatoms. The Labute approximate surface area is 574 Å². The SMILES string of the molecule is CC/C=C\C/C=C\C/C=C\C/C=C\C/C=C\C/C=C\C/C=C\CCCCCCCCCCCCCCCCCCCCCC(=O)NC(COC1OC(CO)C(O)C(O)C1O)C(O)/C=C/CCCCCCCCCCCCCCCCCCCCCCCCCCCCC. The van der Waals surface area contributed by atoms with E-state index in [-0.39, 0.29) is 12.5 Å². The van der Waals surface area contributed by atoms with Crippen molar-refractivity contribution in [1.29, 1.82) is 0 Å². The summed E-state index contributed by atoms with van der Waals surface area (Å²) in [6.07, 6.45) is 98.3. The zero-order chi connectivity index (χ0) is 67.1. The molecule has 0 saturated carbocycles. The second kappa shape index (κ2) is 71.9. The molecule has 9 nitrogen and oxygen atoms in total. The lowest BCUT2D eigenvalue weighted by atomic mass is 9.99. The van der Waals surface area contributed by atoms with Crippen molar-refractivity contribution in [3.05, 3.63) is 97.2 Å². The molecule has 0 aromatic carbocycles. The van der Waals surface area contributed by atoms with Gasteiger partial charge < -0.3 is 40.3 Å². The highest BCUT2D eigenvalue weighted by atomic mass is 16.7. The average Bonchev–Trinajstić information content (AvgIpc) is 1.00. The Kier molecular flexibility index (Phi) is 68.1. The molecule has 1 fully saturated rings. The van der Waals surface area contributed by atoms with E-state index in [2.05, 4.69) is 104 Å². The van der Waals surface area contributed by atoms with E-state index in [1.54, 1.807) is 6.08 Å². The molecule has 1 rings (SSSR count). The van der Waals surface area contributed by atoms with Crippen molar-refractivity contribution < 1.29 is 39.8 Å². The third kappa shape index (κ3) is 60.1. The van der Waals surface area contributed by atoms with Crippen LogP contribution in [0.2, 0.25) is 0 Å². The predicted octanol–water partition coefficient (Wildman–Crippen LogP) is 23.0. The Morgan fingerprint density at radius 3 is 0.989 bits per heavy atom. The molecule has 1 heterocycles. The zero-order valence-electron chi connectivity index (χ0n) is 60.8. The van der Waals surface area contributed by atoms with Gasteiger partial charge in [0.15, 0.2) is 6.29 Å². The van der Waals surface area contributed by atoms with Gasteiger partial charge in [-0.1, -0.05) is 387 Å². The molecule has 0 aliphatic carbocycles. The summed E-state index contributed by atoms with van der Waals surface area (Å²) >= 11 is 0. The van der Waals surface area contributed by atoms with Crippen LogP contribution >= 0.6 is 0 Å². The van der Waals surface area contributed by atoms with Crippen molar-refractivity contribution in [2.45, 2.75) is 416 Å². The van der Waals surface area contributed by atoms with Crippen LogP contribution in [0.4, 0.5) is 0 Å². The monoisotopic (exact) mass is 1300 g/mol. The molecule has 1 aliphatic rings. The molecule has 93 heavy (non-hydrogen) atoms. The van der Waals surface area contributed by atoms with Crippen LogP contribution in [0, 0.1) is 0 Å². The topological polar surface area (TPSA) is 149 Å². The van der Waals surface area contributed by atoms with Gasteiger partial charge in [-0.3, -0.25) is 4.79 Å². The van der Waals surface area contributed by atoms with E-state index in [1.165, 1.54) is 270 Å². The number of allylic oxidation sites excluding steroid dienone is 15. The van der Waals surface area contributed by atoms with Crippen LogP contribution < -0.4 is 5.32 Å². The number of hydrogen-bond donors (Lipinski definition) is 6. The van der Waals surface area contributed by atoms with E-state index < -0.39 is 49.5 Å². The molecule has 6 N–H and O–H groups in total. The third-order valence-corrected chi connectivity index (χ3v) is 18.7. The molecule has 0 aromatic heterocycles. The lowest BCUT2D eigenvalue weighted by Gasteiger charge is -2.40. The number of aliphatic hydroxyl groups is 5.